The zero-order valence-electron chi connectivity index (χ0n) is 12.4. The molecule has 1 N–H and O–H groups in total. The Bertz CT molecular complexity index is 408. The molecule has 2 rings (SSSR count). The van der Waals surface area contributed by atoms with Gasteiger partial charge in [0.15, 0.2) is 0 Å². The number of hydrogen-bond acceptors (Lipinski definition) is 1. The molecule has 2 unspecified atom stereocenters. The lowest BCUT2D eigenvalue weighted by molar-refractivity contribution is 0.214. The van der Waals surface area contributed by atoms with Gasteiger partial charge in [-0.25, -0.2) is 4.39 Å². The van der Waals surface area contributed by atoms with E-state index in [9.17, 15) is 4.39 Å². The maximum absolute atomic E-state index is 13.2. The van der Waals surface area contributed by atoms with E-state index in [2.05, 4.69) is 26.1 Å². The monoisotopic (exact) mass is 263 g/mol. The first-order chi connectivity index (χ1) is 8.95. The molecular formula is C17H26FN. The third-order valence-electron chi connectivity index (χ3n) is 4.39. The smallest absolute Gasteiger partial charge is 0.125 e. The Morgan fingerprint density at radius 2 is 1.89 bits per heavy atom. The number of hydrogen-bond donors (Lipinski definition) is 1. The molecule has 19 heavy (non-hydrogen) atoms. The van der Waals surface area contributed by atoms with Crippen LogP contribution in [0.4, 0.5) is 10.1 Å². The normalized spacial score (nSPS) is 24.8. The largest absolute Gasteiger partial charge is 0.382 e. The Kier molecular flexibility index (Phi) is 4.49. The summed E-state index contributed by atoms with van der Waals surface area (Å²) in [5, 5.41) is 3.49. The molecule has 0 spiro atoms. The molecule has 1 saturated carbocycles. The summed E-state index contributed by atoms with van der Waals surface area (Å²) in [5.74, 6) is 0.651. The van der Waals surface area contributed by atoms with E-state index >= 15 is 0 Å². The number of nitrogens with one attached hydrogen (secondary N) is 1. The van der Waals surface area contributed by atoms with Crippen LogP contribution in [0.25, 0.3) is 0 Å². The van der Waals surface area contributed by atoms with Crippen LogP contribution in [0.1, 0.15) is 52.9 Å². The molecule has 0 aromatic heterocycles. The Labute approximate surface area is 116 Å². The maximum Gasteiger partial charge on any atom is 0.125 e. The summed E-state index contributed by atoms with van der Waals surface area (Å²) in [5.41, 5.74) is 1.33. The fraction of sp³-hybridized carbons (Fsp3) is 0.647. The van der Waals surface area contributed by atoms with Gasteiger partial charge in [0.2, 0.25) is 0 Å². The van der Waals surface area contributed by atoms with E-state index in [1.54, 1.807) is 12.1 Å². The molecule has 2 atom stereocenters. The number of benzene rings is 1. The van der Waals surface area contributed by atoms with Gasteiger partial charge in [0.05, 0.1) is 0 Å². The van der Waals surface area contributed by atoms with Crippen molar-refractivity contribution in [2.75, 3.05) is 5.32 Å². The predicted molar refractivity (Wildman–Crippen MR) is 79.8 cm³/mol. The van der Waals surface area contributed by atoms with E-state index in [4.69, 9.17) is 0 Å². The summed E-state index contributed by atoms with van der Waals surface area (Å²) in [6.45, 7) is 7.04. The van der Waals surface area contributed by atoms with Gasteiger partial charge in [0.25, 0.3) is 0 Å². The van der Waals surface area contributed by atoms with Crippen molar-refractivity contribution in [2.45, 2.75) is 58.9 Å². The first-order valence-corrected chi connectivity index (χ1v) is 7.47. The van der Waals surface area contributed by atoms with Gasteiger partial charge in [0.1, 0.15) is 5.82 Å². The average molecular weight is 263 g/mol. The second-order valence-electron chi connectivity index (χ2n) is 6.92. The Morgan fingerprint density at radius 3 is 2.58 bits per heavy atom. The summed E-state index contributed by atoms with van der Waals surface area (Å²) < 4.78 is 13.2. The van der Waals surface area contributed by atoms with Gasteiger partial charge in [0, 0.05) is 11.7 Å². The van der Waals surface area contributed by atoms with Crippen molar-refractivity contribution in [2.24, 2.45) is 11.3 Å². The lowest BCUT2D eigenvalue weighted by atomic mass is 9.76. The molecule has 1 nitrogen and oxygen atoms in total. The van der Waals surface area contributed by atoms with E-state index in [1.807, 2.05) is 6.07 Å². The van der Waals surface area contributed by atoms with Crippen LogP contribution in [-0.2, 0) is 0 Å². The summed E-state index contributed by atoms with van der Waals surface area (Å²) in [6, 6.07) is 7.30. The molecule has 106 valence electrons. The number of anilines is 1. The Balaban J connectivity index is 1.93. The highest BCUT2D eigenvalue weighted by atomic mass is 19.1. The van der Waals surface area contributed by atoms with Crippen molar-refractivity contribution in [3.05, 3.63) is 30.1 Å². The Hall–Kier alpha value is -1.05. The molecule has 1 aromatic rings. The van der Waals surface area contributed by atoms with Gasteiger partial charge in [-0.15, -0.1) is 0 Å². The summed E-state index contributed by atoms with van der Waals surface area (Å²) >= 11 is 0. The molecule has 0 radical (unpaired) electrons. The van der Waals surface area contributed by atoms with Gasteiger partial charge in [-0.3, -0.25) is 0 Å². The molecule has 0 amide bonds. The van der Waals surface area contributed by atoms with Crippen LogP contribution in [0, 0.1) is 17.2 Å². The van der Waals surface area contributed by atoms with Crippen LogP contribution in [0.15, 0.2) is 24.3 Å². The van der Waals surface area contributed by atoms with E-state index in [0.717, 1.165) is 11.6 Å². The van der Waals surface area contributed by atoms with Crippen molar-refractivity contribution >= 4 is 5.69 Å². The molecule has 0 bridgehead atoms. The topological polar surface area (TPSA) is 12.0 Å². The molecule has 1 fully saturated rings. The lowest BCUT2D eigenvalue weighted by Gasteiger charge is -2.29. The predicted octanol–water partition coefficient (Wildman–Crippen LogP) is 5.23. The summed E-state index contributed by atoms with van der Waals surface area (Å²) in [6.07, 6.45) is 6.26. The molecule has 1 aromatic carbocycles. The lowest BCUT2D eigenvalue weighted by Crippen LogP contribution is -2.21. The van der Waals surface area contributed by atoms with Gasteiger partial charge in [-0.1, -0.05) is 33.3 Å². The van der Waals surface area contributed by atoms with Crippen LogP contribution < -0.4 is 5.32 Å². The van der Waals surface area contributed by atoms with Gasteiger partial charge in [-0.05, 0) is 55.2 Å². The van der Waals surface area contributed by atoms with Crippen LogP contribution in [-0.4, -0.2) is 6.04 Å². The minimum Gasteiger partial charge on any atom is -0.382 e. The number of rotatable bonds is 2. The van der Waals surface area contributed by atoms with E-state index in [-0.39, 0.29) is 5.82 Å². The average Bonchev–Trinajstić information content (AvgIpc) is 2.54. The first kappa shape index (κ1) is 14.4. The van der Waals surface area contributed by atoms with Crippen molar-refractivity contribution in [3.63, 3.8) is 0 Å². The van der Waals surface area contributed by atoms with Gasteiger partial charge >= 0.3 is 0 Å². The minimum absolute atomic E-state index is 0.161. The van der Waals surface area contributed by atoms with Gasteiger partial charge < -0.3 is 5.32 Å². The standard InChI is InChI=1S/C17H26FN/c1-17(2,3)13-6-4-8-15(11-10-13)19-16-9-5-7-14(18)12-16/h5,7,9,12-13,15,19H,4,6,8,10-11H2,1-3H3. The highest BCUT2D eigenvalue weighted by Crippen LogP contribution is 2.37. The number of halogens is 1. The molecule has 0 heterocycles. The quantitative estimate of drug-likeness (QED) is 0.720. The second-order valence-corrected chi connectivity index (χ2v) is 6.92. The SMILES string of the molecule is CC(C)(C)C1CCCC(Nc2cccc(F)c2)CC1. The second kappa shape index (κ2) is 5.94. The van der Waals surface area contributed by atoms with Crippen LogP contribution >= 0.6 is 0 Å². The molecule has 0 aliphatic heterocycles. The maximum atomic E-state index is 13.2. The van der Waals surface area contributed by atoms with Crippen LogP contribution in [0.2, 0.25) is 0 Å². The van der Waals surface area contributed by atoms with Crippen molar-refractivity contribution in [1.82, 2.24) is 0 Å². The molecule has 1 aliphatic carbocycles. The highest BCUT2D eigenvalue weighted by Gasteiger charge is 2.27. The fourth-order valence-corrected chi connectivity index (χ4v) is 3.13. The van der Waals surface area contributed by atoms with Crippen molar-refractivity contribution < 1.29 is 4.39 Å². The van der Waals surface area contributed by atoms with E-state index in [1.165, 1.54) is 38.2 Å². The Morgan fingerprint density at radius 1 is 1.11 bits per heavy atom. The fourth-order valence-electron chi connectivity index (χ4n) is 3.13. The van der Waals surface area contributed by atoms with Crippen molar-refractivity contribution in [3.8, 4) is 0 Å². The minimum atomic E-state index is -0.161. The van der Waals surface area contributed by atoms with E-state index < -0.39 is 0 Å². The molecular weight excluding hydrogens is 237 g/mol. The third-order valence-corrected chi connectivity index (χ3v) is 4.39. The zero-order chi connectivity index (χ0) is 13.9. The van der Waals surface area contributed by atoms with Crippen molar-refractivity contribution in [1.29, 1.82) is 0 Å². The van der Waals surface area contributed by atoms with E-state index in [0.29, 0.717) is 11.5 Å². The third kappa shape index (κ3) is 4.22. The first-order valence-electron chi connectivity index (χ1n) is 7.47. The molecule has 1 aliphatic rings. The van der Waals surface area contributed by atoms with Crippen LogP contribution in [0.3, 0.4) is 0 Å². The highest BCUT2D eigenvalue weighted by molar-refractivity contribution is 5.43. The van der Waals surface area contributed by atoms with Gasteiger partial charge in [-0.2, -0.15) is 0 Å². The molecule has 2 heteroatoms. The molecule has 0 saturated heterocycles. The van der Waals surface area contributed by atoms with Crippen LogP contribution in [0.5, 0.6) is 0 Å². The summed E-state index contributed by atoms with van der Waals surface area (Å²) in [7, 11) is 0. The summed E-state index contributed by atoms with van der Waals surface area (Å²) in [4.78, 5) is 0. The zero-order valence-corrected chi connectivity index (χ0v) is 12.4.